The van der Waals surface area contributed by atoms with Crippen LogP contribution in [0.5, 0.6) is 0 Å². The van der Waals surface area contributed by atoms with E-state index in [1.165, 1.54) is 70.6 Å². The minimum absolute atomic E-state index is 0.0270. The second-order valence-corrected chi connectivity index (χ2v) is 12.4. The first-order valence-electron chi connectivity index (χ1n) is 13.1. The number of unbranched alkanes of at least 4 members (excludes halogenated alkanes) is 13. The third-order valence-electron chi connectivity index (χ3n) is 6.53. The van der Waals surface area contributed by atoms with Crippen molar-refractivity contribution in [3.63, 3.8) is 0 Å². The van der Waals surface area contributed by atoms with Crippen LogP contribution < -0.4 is 0 Å². The number of hydrogen-bond acceptors (Lipinski definition) is 4. The number of halogens is 1. The Labute approximate surface area is 206 Å². The summed E-state index contributed by atoms with van der Waals surface area (Å²) >= 11 is 6.21. The molecule has 0 bridgehead atoms. The normalized spacial score (nSPS) is 13.2. The van der Waals surface area contributed by atoms with Gasteiger partial charge < -0.3 is 0 Å². The molecule has 0 spiro atoms. The van der Waals surface area contributed by atoms with E-state index in [1.807, 2.05) is 13.8 Å². The lowest BCUT2D eigenvalue weighted by atomic mass is 10.0. The van der Waals surface area contributed by atoms with Gasteiger partial charge in [-0.1, -0.05) is 109 Å². The summed E-state index contributed by atoms with van der Waals surface area (Å²) < 4.78 is 26.4. The fraction of sp³-hybridized carbons (Fsp3) is 0.840. The number of aromatic amines is 1. The zero-order valence-electron chi connectivity index (χ0n) is 21.0. The molecule has 0 aromatic carbocycles. The van der Waals surface area contributed by atoms with Gasteiger partial charge in [0.1, 0.15) is 14.9 Å². The molecular weight excluding hydrogens is 456 g/mol. The Morgan fingerprint density at radius 2 is 1.39 bits per heavy atom. The average molecular weight is 501 g/mol. The number of hydrogen-bond donors (Lipinski definition) is 1. The number of H-pyrrole nitrogens is 1. The highest BCUT2D eigenvalue weighted by molar-refractivity contribution is 7.91. The van der Waals surface area contributed by atoms with E-state index in [-0.39, 0.29) is 11.7 Å². The van der Waals surface area contributed by atoms with Crippen LogP contribution in [-0.4, -0.2) is 39.7 Å². The summed E-state index contributed by atoms with van der Waals surface area (Å²) in [6.07, 6.45) is 18.3. The Morgan fingerprint density at radius 3 is 1.91 bits per heavy atom. The number of aryl methyl sites for hydroxylation is 1. The first kappa shape index (κ1) is 28.2. The average Bonchev–Trinajstić information content (AvgIpc) is 3.31. The molecule has 33 heavy (non-hydrogen) atoms. The molecule has 1 unspecified atom stereocenters. The highest BCUT2D eigenvalue weighted by Crippen LogP contribution is 2.23. The summed E-state index contributed by atoms with van der Waals surface area (Å²) in [5.41, 5.74) is 1.42. The fourth-order valence-electron chi connectivity index (χ4n) is 4.24. The van der Waals surface area contributed by atoms with Crippen LogP contribution in [0.25, 0.3) is 5.65 Å². The predicted octanol–water partition coefficient (Wildman–Crippen LogP) is 7.41. The summed E-state index contributed by atoms with van der Waals surface area (Å²) in [7, 11) is -3.03. The van der Waals surface area contributed by atoms with Crippen molar-refractivity contribution in [1.29, 1.82) is 0 Å². The monoisotopic (exact) mass is 500 g/mol. The van der Waals surface area contributed by atoms with Gasteiger partial charge in [-0.25, -0.2) is 13.4 Å². The van der Waals surface area contributed by atoms with Crippen molar-refractivity contribution in [1.82, 2.24) is 19.8 Å². The van der Waals surface area contributed by atoms with Crippen LogP contribution in [0, 0.1) is 6.92 Å². The van der Waals surface area contributed by atoms with Crippen LogP contribution in [0.4, 0.5) is 0 Å². The van der Waals surface area contributed by atoms with E-state index in [9.17, 15) is 8.42 Å². The Balaban J connectivity index is 1.49. The van der Waals surface area contributed by atoms with E-state index in [1.54, 1.807) is 4.63 Å². The Kier molecular flexibility index (Phi) is 12.8. The highest BCUT2D eigenvalue weighted by atomic mass is 35.5. The van der Waals surface area contributed by atoms with Crippen molar-refractivity contribution < 1.29 is 8.42 Å². The molecule has 0 aliphatic heterocycles. The summed E-state index contributed by atoms with van der Waals surface area (Å²) in [4.78, 5) is 4.47. The topological polar surface area (TPSA) is 80.1 Å². The molecule has 0 aliphatic rings. The quantitative estimate of drug-likeness (QED) is 0.203. The van der Waals surface area contributed by atoms with E-state index < -0.39 is 9.84 Å². The lowest BCUT2D eigenvalue weighted by Gasteiger charge is -2.08. The molecule has 190 valence electrons. The molecule has 8 heteroatoms. The third kappa shape index (κ3) is 10.4. The molecule has 0 fully saturated rings. The molecule has 6 nitrogen and oxygen atoms in total. The largest absolute Gasteiger partial charge is 0.279 e. The van der Waals surface area contributed by atoms with Crippen LogP contribution in [0.2, 0.25) is 5.02 Å². The van der Waals surface area contributed by atoms with Crippen LogP contribution in [0.1, 0.15) is 128 Å². The summed E-state index contributed by atoms with van der Waals surface area (Å²) in [6.45, 7) is 6.10. The Morgan fingerprint density at radius 1 is 0.879 bits per heavy atom. The van der Waals surface area contributed by atoms with E-state index in [2.05, 4.69) is 22.1 Å². The maximum absolute atomic E-state index is 12.4. The number of fused-ring (bicyclic) bond motifs is 1. The van der Waals surface area contributed by atoms with Crippen LogP contribution in [0.3, 0.4) is 0 Å². The summed E-state index contributed by atoms with van der Waals surface area (Å²) in [6, 6.07) is 0. The van der Waals surface area contributed by atoms with Gasteiger partial charge in [0.25, 0.3) is 0 Å². The van der Waals surface area contributed by atoms with Crippen LogP contribution in [0.15, 0.2) is 0 Å². The molecule has 2 aromatic heterocycles. The number of nitrogens with zero attached hydrogens (tertiary/aromatic N) is 3. The molecule has 0 saturated heterocycles. The second-order valence-electron chi connectivity index (χ2n) is 9.69. The SMILES string of the molecule is CCCCCCCCCCCCCCCCS(=O)(=O)CCC(C)c1nc2c(Cl)c(C)[nH]n2n1. The minimum atomic E-state index is -3.03. The van der Waals surface area contributed by atoms with Gasteiger partial charge in [0.05, 0.1) is 17.2 Å². The minimum Gasteiger partial charge on any atom is -0.279 e. The lowest BCUT2D eigenvalue weighted by Crippen LogP contribution is -2.13. The fourth-order valence-corrected chi connectivity index (χ4v) is 5.96. The first-order valence-corrected chi connectivity index (χ1v) is 15.3. The molecule has 0 amide bonds. The molecule has 2 heterocycles. The van der Waals surface area contributed by atoms with Gasteiger partial charge in [-0.05, 0) is 19.8 Å². The number of sulfone groups is 1. The van der Waals surface area contributed by atoms with E-state index in [0.717, 1.165) is 25.0 Å². The maximum atomic E-state index is 12.4. The van der Waals surface area contributed by atoms with E-state index in [4.69, 9.17) is 11.6 Å². The predicted molar refractivity (Wildman–Crippen MR) is 139 cm³/mol. The van der Waals surface area contributed by atoms with Gasteiger partial charge in [0.2, 0.25) is 0 Å². The highest BCUT2D eigenvalue weighted by Gasteiger charge is 2.19. The van der Waals surface area contributed by atoms with E-state index >= 15 is 0 Å². The number of aromatic nitrogens is 4. The molecule has 2 rings (SSSR count). The number of rotatable bonds is 19. The van der Waals surface area contributed by atoms with Gasteiger partial charge in [-0.2, -0.15) is 4.63 Å². The van der Waals surface area contributed by atoms with Crippen molar-refractivity contribution >= 4 is 27.1 Å². The van der Waals surface area contributed by atoms with Crippen LogP contribution >= 0.6 is 11.6 Å². The second kappa shape index (κ2) is 15.0. The molecule has 0 saturated carbocycles. The number of nitrogens with one attached hydrogen (secondary N) is 1. The standard InChI is InChI=1S/C25H45ClN4O2S/c1-4-5-6-7-8-9-10-11-12-13-14-15-16-17-19-33(31,32)20-18-21(2)24-27-25-23(26)22(3)28-30(25)29-24/h21,28H,4-20H2,1-3H3. The molecule has 0 radical (unpaired) electrons. The smallest absolute Gasteiger partial charge is 0.194 e. The maximum Gasteiger partial charge on any atom is 0.194 e. The van der Waals surface area contributed by atoms with Gasteiger partial charge >= 0.3 is 0 Å². The van der Waals surface area contributed by atoms with Gasteiger partial charge in [0, 0.05) is 5.92 Å². The molecule has 2 aromatic rings. The van der Waals surface area contributed by atoms with Gasteiger partial charge in [-0.15, -0.1) is 5.10 Å². The lowest BCUT2D eigenvalue weighted by molar-refractivity contribution is 0.537. The molecule has 1 atom stereocenters. The zero-order valence-corrected chi connectivity index (χ0v) is 22.6. The molecule has 1 N–H and O–H groups in total. The Hall–Kier alpha value is -1.08. The zero-order chi connectivity index (χ0) is 24.1. The van der Waals surface area contributed by atoms with Crippen LogP contribution in [-0.2, 0) is 9.84 Å². The third-order valence-corrected chi connectivity index (χ3v) is 8.76. The first-order chi connectivity index (χ1) is 15.8. The van der Waals surface area contributed by atoms with Crippen molar-refractivity contribution in [3.05, 3.63) is 16.5 Å². The molecular formula is C25H45ClN4O2S. The summed E-state index contributed by atoms with van der Waals surface area (Å²) in [5, 5.41) is 8.01. The van der Waals surface area contributed by atoms with Gasteiger partial charge in [0.15, 0.2) is 11.5 Å². The van der Waals surface area contributed by atoms with E-state index in [0.29, 0.717) is 28.7 Å². The van der Waals surface area contributed by atoms with Gasteiger partial charge in [-0.3, -0.25) is 5.10 Å². The van der Waals surface area contributed by atoms with Crippen molar-refractivity contribution in [2.45, 2.75) is 123 Å². The van der Waals surface area contributed by atoms with Crippen molar-refractivity contribution in [2.75, 3.05) is 11.5 Å². The molecule has 0 aliphatic carbocycles. The van der Waals surface area contributed by atoms with Crippen molar-refractivity contribution in [3.8, 4) is 0 Å². The Bertz CT molecular complexity index is 907. The summed E-state index contributed by atoms with van der Waals surface area (Å²) in [5.74, 6) is 1.09. The van der Waals surface area contributed by atoms with Crippen molar-refractivity contribution in [2.24, 2.45) is 0 Å².